The summed E-state index contributed by atoms with van der Waals surface area (Å²) < 4.78 is 5.15. The molecule has 4 heteroatoms. The third kappa shape index (κ3) is 5.60. The highest BCUT2D eigenvalue weighted by atomic mass is 16.5. The Kier molecular flexibility index (Phi) is 6.67. The largest absolute Gasteiger partial charge is 0.497 e. The highest BCUT2D eigenvalue weighted by molar-refractivity contribution is 5.78. The lowest BCUT2D eigenvalue weighted by Gasteiger charge is -2.31. The van der Waals surface area contributed by atoms with Crippen molar-refractivity contribution in [3.05, 3.63) is 65.7 Å². The molecular formula is C22H28N2O2. The molecule has 1 aliphatic heterocycles. The van der Waals surface area contributed by atoms with Gasteiger partial charge in [-0.1, -0.05) is 42.5 Å². The summed E-state index contributed by atoms with van der Waals surface area (Å²) in [4.78, 5) is 14.5. The molecule has 0 spiro atoms. The van der Waals surface area contributed by atoms with E-state index >= 15 is 0 Å². The number of likely N-dealkylation sites (tertiary alicyclic amines) is 1. The van der Waals surface area contributed by atoms with Crippen molar-refractivity contribution in [1.29, 1.82) is 0 Å². The number of carbonyl (C=O) groups excluding carboxylic acids is 1. The standard InChI is InChI=1S/C22H28N2O2/c1-26-21-9-7-20(8-10-21)16-23-22(25)17-24-13-11-19(12-14-24)15-18-5-3-2-4-6-18/h2-10,19H,11-17H2,1H3,(H,23,25). The summed E-state index contributed by atoms with van der Waals surface area (Å²) in [7, 11) is 1.65. The van der Waals surface area contributed by atoms with E-state index in [2.05, 4.69) is 40.5 Å². The molecule has 0 bridgehead atoms. The van der Waals surface area contributed by atoms with E-state index in [1.54, 1.807) is 7.11 Å². The number of amides is 1. The lowest BCUT2D eigenvalue weighted by molar-refractivity contribution is -0.122. The molecule has 0 radical (unpaired) electrons. The third-order valence-corrected chi connectivity index (χ3v) is 5.09. The van der Waals surface area contributed by atoms with E-state index in [0.29, 0.717) is 13.1 Å². The van der Waals surface area contributed by atoms with Crippen LogP contribution in [0.25, 0.3) is 0 Å². The molecule has 1 amide bonds. The molecule has 0 unspecified atom stereocenters. The van der Waals surface area contributed by atoms with Gasteiger partial charge < -0.3 is 10.1 Å². The molecule has 2 aromatic carbocycles. The minimum absolute atomic E-state index is 0.0994. The number of hydrogen-bond acceptors (Lipinski definition) is 3. The van der Waals surface area contributed by atoms with Gasteiger partial charge in [0, 0.05) is 6.54 Å². The van der Waals surface area contributed by atoms with Crippen molar-refractivity contribution in [3.63, 3.8) is 0 Å². The minimum Gasteiger partial charge on any atom is -0.497 e. The lowest BCUT2D eigenvalue weighted by Crippen LogP contribution is -2.41. The van der Waals surface area contributed by atoms with E-state index in [4.69, 9.17) is 4.74 Å². The first kappa shape index (κ1) is 18.5. The summed E-state index contributed by atoms with van der Waals surface area (Å²) in [6.45, 7) is 3.07. The molecule has 1 saturated heterocycles. The van der Waals surface area contributed by atoms with Crippen LogP contribution >= 0.6 is 0 Å². The second-order valence-corrected chi connectivity index (χ2v) is 7.03. The first-order valence-corrected chi connectivity index (χ1v) is 9.39. The SMILES string of the molecule is COc1ccc(CNC(=O)CN2CCC(Cc3ccccc3)CC2)cc1. The van der Waals surface area contributed by atoms with Gasteiger partial charge in [-0.2, -0.15) is 0 Å². The van der Waals surface area contributed by atoms with Crippen LogP contribution in [-0.4, -0.2) is 37.6 Å². The van der Waals surface area contributed by atoms with Crippen molar-refractivity contribution in [2.75, 3.05) is 26.7 Å². The van der Waals surface area contributed by atoms with Gasteiger partial charge in [-0.25, -0.2) is 0 Å². The highest BCUT2D eigenvalue weighted by Gasteiger charge is 2.20. The van der Waals surface area contributed by atoms with Gasteiger partial charge in [0.25, 0.3) is 0 Å². The zero-order chi connectivity index (χ0) is 18.2. The van der Waals surface area contributed by atoms with E-state index in [-0.39, 0.29) is 5.91 Å². The number of benzene rings is 2. The number of ether oxygens (including phenoxy) is 1. The van der Waals surface area contributed by atoms with Gasteiger partial charge >= 0.3 is 0 Å². The van der Waals surface area contributed by atoms with Gasteiger partial charge in [0.2, 0.25) is 5.91 Å². The van der Waals surface area contributed by atoms with Crippen LogP contribution in [0.5, 0.6) is 5.75 Å². The van der Waals surface area contributed by atoms with E-state index in [0.717, 1.165) is 36.7 Å². The van der Waals surface area contributed by atoms with Crippen molar-refractivity contribution >= 4 is 5.91 Å². The normalized spacial score (nSPS) is 15.6. The Balaban J connectivity index is 1.36. The molecule has 0 aromatic heterocycles. The van der Waals surface area contributed by atoms with Gasteiger partial charge in [-0.05, 0) is 61.5 Å². The summed E-state index contributed by atoms with van der Waals surface area (Å²) >= 11 is 0. The molecule has 1 aliphatic rings. The molecule has 0 atom stereocenters. The van der Waals surface area contributed by atoms with Crippen molar-refractivity contribution in [1.82, 2.24) is 10.2 Å². The summed E-state index contributed by atoms with van der Waals surface area (Å²) in [5, 5.41) is 3.01. The molecule has 1 N–H and O–H groups in total. The van der Waals surface area contributed by atoms with Crippen molar-refractivity contribution in [2.24, 2.45) is 5.92 Å². The molecule has 4 nitrogen and oxygen atoms in total. The van der Waals surface area contributed by atoms with Crippen molar-refractivity contribution in [2.45, 2.75) is 25.8 Å². The molecule has 0 aliphatic carbocycles. The van der Waals surface area contributed by atoms with Crippen LogP contribution < -0.4 is 10.1 Å². The van der Waals surface area contributed by atoms with Gasteiger partial charge in [-0.15, -0.1) is 0 Å². The van der Waals surface area contributed by atoms with E-state index in [1.165, 1.54) is 18.4 Å². The van der Waals surface area contributed by atoms with Crippen LogP contribution in [-0.2, 0) is 17.8 Å². The van der Waals surface area contributed by atoms with Crippen LogP contribution in [0.2, 0.25) is 0 Å². The number of nitrogens with one attached hydrogen (secondary N) is 1. The number of methoxy groups -OCH3 is 1. The summed E-state index contributed by atoms with van der Waals surface area (Å²) in [6.07, 6.45) is 3.49. The summed E-state index contributed by atoms with van der Waals surface area (Å²) in [6, 6.07) is 18.5. The maximum atomic E-state index is 12.2. The fourth-order valence-electron chi connectivity index (χ4n) is 3.50. The number of rotatable bonds is 7. The van der Waals surface area contributed by atoms with Crippen LogP contribution in [0.15, 0.2) is 54.6 Å². The summed E-state index contributed by atoms with van der Waals surface area (Å²) in [5.41, 5.74) is 2.50. The first-order chi connectivity index (χ1) is 12.7. The predicted molar refractivity (Wildman–Crippen MR) is 104 cm³/mol. The predicted octanol–water partition coefficient (Wildman–Crippen LogP) is 3.27. The van der Waals surface area contributed by atoms with E-state index in [9.17, 15) is 4.79 Å². The molecule has 1 fully saturated rings. The molecule has 3 rings (SSSR count). The number of piperidine rings is 1. The Morgan fingerprint density at radius 1 is 1.04 bits per heavy atom. The molecule has 26 heavy (non-hydrogen) atoms. The van der Waals surface area contributed by atoms with E-state index in [1.807, 2.05) is 24.3 Å². The molecule has 1 heterocycles. The van der Waals surface area contributed by atoms with Crippen molar-refractivity contribution < 1.29 is 9.53 Å². The van der Waals surface area contributed by atoms with Crippen LogP contribution in [0, 0.1) is 5.92 Å². The second-order valence-electron chi connectivity index (χ2n) is 7.03. The summed E-state index contributed by atoms with van der Waals surface area (Å²) in [5.74, 6) is 1.66. The van der Waals surface area contributed by atoms with Gasteiger partial charge in [-0.3, -0.25) is 9.69 Å². The monoisotopic (exact) mass is 352 g/mol. The van der Waals surface area contributed by atoms with Gasteiger partial charge in [0.1, 0.15) is 5.75 Å². The average molecular weight is 352 g/mol. The quantitative estimate of drug-likeness (QED) is 0.832. The molecular weight excluding hydrogens is 324 g/mol. The lowest BCUT2D eigenvalue weighted by atomic mass is 9.90. The Morgan fingerprint density at radius 3 is 2.38 bits per heavy atom. The zero-order valence-corrected chi connectivity index (χ0v) is 15.5. The number of nitrogens with zero attached hydrogens (tertiary/aromatic N) is 1. The highest BCUT2D eigenvalue weighted by Crippen LogP contribution is 2.21. The van der Waals surface area contributed by atoms with Crippen molar-refractivity contribution in [3.8, 4) is 5.75 Å². The fourth-order valence-corrected chi connectivity index (χ4v) is 3.50. The Morgan fingerprint density at radius 2 is 1.73 bits per heavy atom. The Bertz CT molecular complexity index is 677. The smallest absolute Gasteiger partial charge is 0.234 e. The number of hydrogen-bond donors (Lipinski definition) is 1. The zero-order valence-electron chi connectivity index (χ0n) is 15.5. The minimum atomic E-state index is 0.0994. The second kappa shape index (κ2) is 9.39. The van der Waals surface area contributed by atoms with Gasteiger partial charge in [0.05, 0.1) is 13.7 Å². The fraction of sp³-hybridized carbons (Fsp3) is 0.409. The average Bonchev–Trinajstić information content (AvgIpc) is 2.69. The van der Waals surface area contributed by atoms with Gasteiger partial charge in [0.15, 0.2) is 0 Å². The third-order valence-electron chi connectivity index (χ3n) is 5.09. The van der Waals surface area contributed by atoms with Crippen LogP contribution in [0.4, 0.5) is 0 Å². The molecule has 2 aromatic rings. The maximum Gasteiger partial charge on any atom is 0.234 e. The first-order valence-electron chi connectivity index (χ1n) is 9.39. The maximum absolute atomic E-state index is 12.2. The van der Waals surface area contributed by atoms with Crippen LogP contribution in [0.1, 0.15) is 24.0 Å². The van der Waals surface area contributed by atoms with Crippen LogP contribution in [0.3, 0.4) is 0 Å². The molecule has 138 valence electrons. The van der Waals surface area contributed by atoms with E-state index < -0.39 is 0 Å². The Labute approximate surface area is 156 Å². The Hall–Kier alpha value is -2.33. The topological polar surface area (TPSA) is 41.6 Å². The molecule has 0 saturated carbocycles. The number of carbonyl (C=O) groups is 1.